The van der Waals surface area contributed by atoms with E-state index < -0.39 is 5.97 Å². The minimum Gasteiger partial charge on any atom is -0.481 e. The topological polar surface area (TPSA) is 67.5 Å². The Morgan fingerprint density at radius 3 is 2.33 bits per heavy atom. The lowest BCUT2D eigenvalue weighted by atomic mass is 9.95. The molecule has 0 saturated heterocycles. The molecule has 0 bridgehead atoms. The normalized spacial score (nSPS) is 11.2. The summed E-state index contributed by atoms with van der Waals surface area (Å²) in [5, 5.41) is 9.99. The van der Waals surface area contributed by atoms with Gasteiger partial charge in [0.05, 0.1) is 6.42 Å². The Bertz CT molecular complexity index is 1250. The largest absolute Gasteiger partial charge is 0.481 e. The van der Waals surface area contributed by atoms with Crippen LogP contribution in [-0.4, -0.2) is 16.9 Å². The van der Waals surface area contributed by atoms with Crippen LogP contribution in [0.15, 0.2) is 77.2 Å². The number of carbonyl (C=O) groups is 2. The summed E-state index contributed by atoms with van der Waals surface area (Å²) in [5.74, 6) is -0.824. The van der Waals surface area contributed by atoms with Gasteiger partial charge in [-0.1, -0.05) is 74.5 Å². The molecule has 4 heteroatoms. The van der Waals surface area contributed by atoms with Crippen molar-refractivity contribution >= 4 is 22.7 Å². The molecule has 0 unspecified atom stereocenters. The van der Waals surface area contributed by atoms with Crippen molar-refractivity contribution in [3.8, 4) is 11.1 Å². The molecule has 0 fully saturated rings. The van der Waals surface area contributed by atoms with Crippen molar-refractivity contribution < 1.29 is 19.1 Å². The molecule has 3 aromatic carbocycles. The predicted octanol–water partition coefficient (Wildman–Crippen LogP) is 6.08. The lowest BCUT2D eigenvalue weighted by Crippen LogP contribution is -2.07. The first-order valence-corrected chi connectivity index (χ1v) is 9.91. The fourth-order valence-electron chi connectivity index (χ4n) is 3.66. The van der Waals surface area contributed by atoms with E-state index in [0.29, 0.717) is 28.0 Å². The summed E-state index contributed by atoms with van der Waals surface area (Å²) in [6.45, 7) is 4.29. The third kappa shape index (κ3) is 3.77. The average Bonchev–Trinajstić information content (AvgIpc) is 3.11. The number of carboxylic acid groups (broad SMARTS) is 1. The Morgan fingerprint density at radius 1 is 0.900 bits per heavy atom. The summed E-state index contributed by atoms with van der Waals surface area (Å²) < 4.78 is 5.80. The first kappa shape index (κ1) is 19.6. The Hall–Kier alpha value is -3.66. The number of rotatable bonds is 6. The average molecular weight is 398 g/mol. The summed E-state index contributed by atoms with van der Waals surface area (Å²) >= 11 is 0. The number of para-hydroxylation sites is 1. The summed E-state index contributed by atoms with van der Waals surface area (Å²) in [4.78, 5) is 24.7. The highest BCUT2D eigenvalue weighted by Crippen LogP contribution is 2.30. The molecule has 1 N–H and O–H groups in total. The van der Waals surface area contributed by atoms with Crippen LogP contribution in [0.25, 0.3) is 22.1 Å². The molecule has 0 amide bonds. The fourth-order valence-corrected chi connectivity index (χ4v) is 3.66. The molecule has 0 saturated carbocycles. The molecular weight excluding hydrogens is 376 g/mol. The third-order valence-corrected chi connectivity index (χ3v) is 5.24. The summed E-state index contributed by atoms with van der Waals surface area (Å²) in [6, 6.07) is 22.8. The molecular formula is C26H22O4. The van der Waals surface area contributed by atoms with Gasteiger partial charge in [0.15, 0.2) is 5.76 Å². The van der Waals surface area contributed by atoms with Crippen molar-refractivity contribution in [2.75, 3.05) is 0 Å². The molecule has 30 heavy (non-hydrogen) atoms. The van der Waals surface area contributed by atoms with E-state index in [9.17, 15) is 14.7 Å². The van der Waals surface area contributed by atoms with E-state index in [1.54, 1.807) is 30.3 Å². The van der Waals surface area contributed by atoms with Crippen molar-refractivity contribution in [2.45, 2.75) is 26.2 Å². The molecule has 1 aromatic heterocycles. The van der Waals surface area contributed by atoms with Gasteiger partial charge in [-0.15, -0.1) is 0 Å². The Morgan fingerprint density at radius 2 is 1.60 bits per heavy atom. The van der Waals surface area contributed by atoms with Crippen molar-refractivity contribution in [3.63, 3.8) is 0 Å². The maximum absolute atomic E-state index is 13.3. The van der Waals surface area contributed by atoms with Gasteiger partial charge in [-0.05, 0) is 34.7 Å². The van der Waals surface area contributed by atoms with Gasteiger partial charge in [0.1, 0.15) is 5.58 Å². The van der Waals surface area contributed by atoms with Crippen LogP contribution >= 0.6 is 0 Å². The second kappa shape index (κ2) is 7.99. The molecule has 4 rings (SSSR count). The lowest BCUT2D eigenvalue weighted by Gasteiger charge is -2.09. The number of hydrogen-bond acceptors (Lipinski definition) is 3. The number of furan rings is 1. The number of benzene rings is 3. The molecule has 0 aliphatic heterocycles. The minimum absolute atomic E-state index is 0.0895. The highest BCUT2D eigenvalue weighted by molar-refractivity contribution is 6.11. The molecule has 0 spiro atoms. The zero-order valence-corrected chi connectivity index (χ0v) is 16.9. The summed E-state index contributed by atoms with van der Waals surface area (Å²) in [5.41, 5.74) is 4.58. The van der Waals surface area contributed by atoms with E-state index in [1.807, 2.05) is 30.3 Å². The first-order chi connectivity index (χ1) is 14.4. The van der Waals surface area contributed by atoms with Gasteiger partial charge < -0.3 is 9.52 Å². The van der Waals surface area contributed by atoms with Gasteiger partial charge in [0.2, 0.25) is 5.78 Å². The lowest BCUT2D eigenvalue weighted by molar-refractivity contribution is -0.136. The monoisotopic (exact) mass is 398 g/mol. The van der Waals surface area contributed by atoms with Crippen LogP contribution in [0.1, 0.15) is 47.0 Å². The van der Waals surface area contributed by atoms with Gasteiger partial charge >= 0.3 is 5.97 Å². The predicted molar refractivity (Wildman–Crippen MR) is 117 cm³/mol. The van der Waals surface area contributed by atoms with Gasteiger partial charge in [-0.2, -0.15) is 0 Å². The molecule has 0 aliphatic carbocycles. The second-order valence-electron chi connectivity index (χ2n) is 7.67. The van der Waals surface area contributed by atoms with E-state index >= 15 is 0 Å². The van der Waals surface area contributed by atoms with Gasteiger partial charge in [0.25, 0.3) is 0 Å². The Balaban J connectivity index is 1.77. The van der Waals surface area contributed by atoms with Gasteiger partial charge in [0, 0.05) is 16.5 Å². The van der Waals surface area contributed by atoms with E-state index in [2.05, 4.69) is 26.0 Å². The van der Waals surface area contributed by atoms with Crippen LogP contribution in [0.3, 0.4) is 0 Å². The summed E-state index contributed by atoms with van der Waals surface area (Å²) in [7, 11) is 0. The molecule has 0 radical (unpaired) electrons. The van der Waals surface area contributed by atoms with Gasteiger partial charge in [-0.25, -0.2) is 0 Å². The van der Waals surface area contributed by atoms with E-state index in [1.165, 1.54) is 5.56 Å². The maximum Gasteiger partial charge on any atom is 0.307 e. The quantitative estimate of drug-likeness (QED) is 0.400. The van der Waals surface area contributed by atoms with Crippen LogP contribution in [0.4, 0.5) is 0 Å². The van der Waals surface area contributed by atoms with Crippen molar-refractivity contribution in [1.82, 2.24) is 0 Å². The molecule has 0 atom stereocenters. The standard InChI is InChI=1S/C26H22O4/c1-16(2)17-7-5-8-18(13-17)19-9-6-10-20(14-19)25(29)26-22(15-24(27)28)21-11-3-4-12-23(21)30-26/h3-14,16H,15H2,1-2H3,(H,27,28). The fraction of sp³-hybridized carbons (Fsp3) is 0.154. The molecule has 1 heterocycles. The van der Waals surface area contributed by atoms with Gasteiger partial charge in [-0.3, -0.25) is 9.59 Å². The van der Waals surface area contributed by atoms with Crippen molar-refractivity contribution in [1.29, 1.82) is 0 Å². The van der Waals surface area contributed by atoms with Crippen LogP contribution in [0, 0.1) is 0 Å². The smallest absolute Gasteiger partial charge is 0.307 e. The maximum atomic E-state index is 13.3. The number of carbonyl (C=O) groups excluding carboxylic acids is 1. The van der Waals surface area contributed by atoms with Crippen LogP contribution in [-0.2, 0) is 11.2 Å². The molecule has 0 aliphatic rings. The molecule has 4 aromatic rings. The van der Waals surface area contributed by atoms with Crippen molar-refractivity contribution in [2.24, 2.45) is 0 Å². The highest BCUT2D eigenvalue weighted by atomic mass is 16.4. The van der Waals surface area contributed by atoms with E-state index in [4.69, 9.17) is 4.42 Å². The van der Waals surface area contributed by atoms with Crippen LogP contribution in [0.2, 0.25) is 0 Å². The zero-order valence-electron chi connectivity index (χ0n) is 16.9. The van der Waals surface area contributed by atoms with Crippen LogP contribution < -0.4 is 0 Å². The third-order valence-electron chi connectivity index (χ3n) is 5.24. The second-order valence-corrected chi connectivity index (χ2v) is 7.67. The number of hydrogen-bond donors (Lipinski definition) is 1. The zero-order chi connectivity index (χ0) is 21.3. The molecule has 150 valence electrons. The van der Waals surface area contributed by atoms with E-state index in [0.717, 1.165) is 11.1 Å². The highest BCUT2D eigenvalue weighted by Gasteiger charge is 2.23. The Kier molecular flexibility index (Phi) is 5.23. The first-order valence-electron chi connectivity index (χ1n) is 9.91. The van der Waals surface area contributed by atoms with Crippen LogP contribution in [0.5, 0.6) is 0 Å². The molecule has 4 nitrogen and oxygen atoms in total. The van der Waals surface area contributed by atoms with Crippen molar-refractivity contribution in [3.05, 3.63) is 95.2 Å². The number of ketones is 1. The number of fused-ring (bicyclic) bond motifs is 1. The Labute approximate surface area is 174 Å². The SMILES string of the molecule is CC(C)c1cccc(-c2cccc(C(=O)c3oc4ccccc4c3CC(=O)O)c2)c1. The summed E-state index contributed by atoms with van der Waals surface area (Å²) in [6.07, 6.45) is -0.270. The number of carboxylic acids is 1. The number of aliphatic carboxylic acids is 1. The minimum atomic E-state index is -1.00. The van der Waals surface area contributed by atoms with E-state index in [-0.39, 0.29) is 18.0 Å².